The topological polar surface area (TPSA) is 109 Å². The van der Waals surface area contributed by atoms with Crippen LogP contribution in [0.2, 0.25) is 0 Å². The molecule has 0 bridgehead atoms. The monoisotopic (exact) mass is 434 g/mol. The summed E-state index contributed by atoms with van der Waals surface area (Å²) in [6.45, 7) is 5.81. The second-order valence-electron chi connectivity index (χ2n) is 8.88. The van der Waals surface area contributed by atoms with Crippen LogP contribution in [0.25, 0.3) is 0 Å². The number of carbonyl (C=O) groups excluding carboxylic acids is 1. The zero-order valence-electron chi connectivity index (χ0n) is 18.6. The van der Waals surface area contributed by atoms with E-state index in [9.17, 15) is 20.1 Å². The number of aliphatic hydroxyl groups is 3. The van der Waals surface area contributed by atoms with E-state index < -0.39 is 24.4 Å². The van der Waals surface area contributed by atoms with E-state index >= 15 is 0 Å². The van der Waals surface area contributed by atoms with Crippen molar-refractivity contribution >= 4 is 5.78 Å². The Labute approximate surface area is 183 Å². The minimum absolute atomic E-state index is 0.0186. The molecular weight excluding hydrogens is 400 g/mol. The fourth-order valence-corrected chi connectivity index (χ4v) is 4.17. The van der Waals surface area contributed by atoms with Gasteiger partial charge in [0.05, 0.1) is 44.2 Å². The van der Waals surface area contributed by atoms with Gasteiger partial charge in [0.15, 0.2) is 5.78 Å². The highest BCUT2D eigenvalue weighted by atomic mass is 16.6. The lowest BCUT2D eigenvalue weighted by atomic mass is 9.85. The number of benzene rings is 1. The van der Waals surface area contributed by atoms with Crippen molar-refractivity contribution in [1.82, 2.24) is 0 Å². The van der Waals surface area contributed by atoms with E-state index in [4.69, 9.17) is 14.2 Å². The van der Waals surface area contributed by atoms with Crippen LogP contribution in [0, 0.1) is 11.8 Å². The van der Waals surface area contributed by atoms with Crippen LogP contribution in [-0.4, -0.2) is 71.4 Å². The van der Waals surface area contributed by atoms with E-state index in [1.165, 1.54) is 6.08 Å². The van der Waals surface area contributed by atoms with Gasteiger partial charge in [0.25, 0.3) is 0 Å². The first-order valence-electron chi connectivity index (χ1n) is 10.9. The maximum Gasteiger partial charge on any atom is 0.185 e. The van der Waals surface area contributed by atoms with Gasteiger partial charge in [-0.3, -0.25) is 4.79 Å². The molecule has 3 rings (SSSR count). The van der Waals surface area contributed by atoms with Crippen molar-refractivity contribution in [3.8, 4) is 5.75 Å². The van der Waals surface area contributed by atoms with E-state index in [1.54, 1.807) is 38.3 Å². The van der Waals surface area contributed by atoms with Crippen LogP contribution in [0.4, 0.5) is 0 Å². The smallest absolute Gasteiger partial charge is 0.185 e. The van der Waals surface area contributed by atoms with Crippen molar-refractivity contribution in [1.29, 1.82) is 0 Å². The predicted octanol–water partition coefficient (Wildman–Crippen LogP) is 2.13. The van der Waals surface area contributed by atoms with Crippen LogP contribution in [0.15, 0.2) is 35.9 Å². The van der Waals surface area contributed by atoms with Crippen LogP contribution >= 0.6 is 0 Å². The van der Waals surface area contributed by atoms with E-state index in [0.717, 1.165) is 5.57 Å². The fraction of sp³-hybridized carbons (Fsp3) is 0.625. The Morgan fingerprint density at radius 2 is 2.00 bits per heavy atom. The van der Waals surface area contributed by atoms with Crippen LogP contribution in [-0.2, 0) is 9.47 Å². The Bertz CT molecular complexity index is 790. The molecule has 0 radical (unpaired) electrons. The lowest BCUT2D eigenvalue weighted by molar-refractivity contribution is -0.165. The third-order valence-corrected chi connectivity index (χ3v) is 6.43. The summed E-state index contributed by atoms with van der Waals surface area (Å²) in [4.78, 5) is 12.5. The van der Waals surface area contributed by atoms with Gasteiger partial charge in [0.1, 0.15) is 11.9 Å². The number of ketones is 1. The molecule has 0 aromatic heterocycles. The second-order valence-corrected chi connectivity index (χ2v) is 8.88. The minimum Gasteiger partial charge on any atom is -0.497 e. The normalized spacial score (nSPS) is 32.9. The number of epoxide rings is 1. The minimum atomic E-state index is -1.04. The van der Waals surface area contributed by atoms with E-state index in [2.05, 4.69) is 0 Å². The van der Waals surface area contributed by atoms with Gasteiger partial charge in [0.2, 0.25) is 0 Å². The summed E-state index contributed by atoms with van der Waals surface area (Å²) in [7, 11) is 1.55. The highest BCUT2D eigenvalue weighted by Gasteiger charge is 2.48. The quantitative estimate of drug-likeness (QED) is 0.310. The van der Waals surface area contributed by atoms with Crippen molar-refractivity contribution in [2.75, 3.05) is 13.7 Å². The van der Waals surface area contributed by atoms with Gasteiger partial charge >= 0.3 is 0 Å². The zero-order valence-corrected chi connectivity index (χ0v) is 18.6. The van der Waals surface area contributed by atoms with Crippen molar-refractivity contribution in [3.05, 3.63) is 41.5 Å². The molecule has 2 aliphatic heterocycles. The Balaban J connectivity index is 1.53. The van der Waals surface area contributed by atoms with Gasteiger partial charge in [-0.2, -0.15) is 0 Å². The number of carbonyl (C=O) groups is 1. The van der Waals surface area contributed by atoms with Gasteiger partial charge in [0, 0.05) is 17.4 Å². The van der Waals surface area contributed by atoms with Crippen molar-refractivity contribution in [2.24, 2.45) is 11.8 Å². The molecule has 3 N–H and O–H groups in total. The molecule has 172 valence electrons. The molecule has 2 heterocycles. The number of aliphatic hydroxyl groups excluding tert-OH is 3. The Hall–Kier alpha value is -1.77. The largest absolute Gasteiger partial charge is 0.497 e. The number of hydrogen-bond acceptors (Lipinski definition) is 7. The summed E-state index contributed by atoms with van der Waals surface area (Å²) in [6.07, 6.45) is -0.581. The molecule has 0 amide bonds. The molecule has 2 aliphatic rings. The standard InChI is InChI=1S/C24H34O7/c1-13(8-19(26)16-6-5-7-18(10-16)29-4)9-20-23(28)22(27)17(12-30-20)11-21-24(31-21)14(2)15(3)25/h5-8,10,14-15,17,20-25,27-28H,9,11-12H2,1-4H3/b13-8+/t14-,15-,17-,20-,21-,22+,23-,24-/m0/s1. The summed E-state index contributed by atoms with van der Waals surface area (Å²) < 4.78 is 16.7. The molecule has 2 saturated heterocycles. The summed E-state index contributed by atoms with van der Waals surface area (Å²) in [5, 5.41) is 30.9. The average molecular weight is 435 g/mol. The highest BCUT2D eigenvalue weighted by molar-refractivity contribution is 6.05. The summed E-state index contributed by atoms with van der Waals surface area (Å²) >= 11 is 0. The summed E-state index contributed by atoms with van der Waals surface area (Å²) in [5.41, 5.74) is 1.29. The van der Waals surface area contributed by atoms with Crippen molar-refractivity contribution in [2.45, 2.75) is 70.2 Å². The van der Waals surface area contributed by atoms with Gasteiger partial charge in [-0.05, 0) is 44.9 Å². The molecule has 7 heteroatoms. The predicted molar refractivity (Wildman–Crippen MR) is 115 cm³/mol. The van der Waals surface area contributed by atoms with Gasteiger partial charge < -0.3 is 29.5 Å². The van der Waals surface area contributed by atoms with Crippen molar-refractivity contribution in [3.63, 3.8) is 0 Å². The first-order chi connectivity index (χ1) is 14.7. The molecule has 0 aliphatic carbocycles. The summed E-state index contributed by atoms with van der Waals surface area (Å²) in [5.74, 6) is 0.260. The molecule has 8 atom stereocenters. The SMILES string of the molecule is COc1cccc(C(=O)/C=C(\C)C[C@@H]2OC[C@H](C[C@@H]3O[C@H]3[C@@H](C)[C@H](C)O)[C@@H](O)[C@H]2O)c1. The van der Waals surface area contributed by atoms with E-state index in [1.807, 2.05) is 13.8 Å². The van der Waals surface area contributed by atoms with Crippen LogP contribution in [0.1, 0.15) is 44.0 Å². The first-order valence-corrected chi connectivity index (χ1v) is 10.9. The lowest BCUT2D eigenvalue weighted by Crippen LogP contribution is -2.50. The van der Waals surface area contributed by atoms with Gasteiger partial charge in [-0.25, -0.2) is 0 Å². The lowest BCUT2D eigenvalue weighted by Gasteiger charge is -2.38. The molecule has 2 fully saturated rings. The maximum absolute atomic E-state index is 12.5. The number of methoxy groups -OCH3 is 1. The van der Waals surface area contributed by atoms with Gasteiger partial charge in [-0.1, -0.05) is 24.6 Å². The van der Waals surface area contributed by atoms with Crippen LogP contribution < -0.4 is 4.74 Å². The Morgan fingerprint density at radius 1 is 1.26 bits per heavy atom. The molecule has 1 aromatic rings. The molecule has 0 unspecified atom stereocenters. The Morgan fingerprint density at radius 3 is 2.68 bits per heavy atom. The van der Waals surface area contributed by atoms with Crippen LogP contribution in [0.5, 0.6) is 5.75 Å². The number of allylic oxidation sites excluding steroid dienone is 1. The van der Waals surface area contributed by atoms with Crippen LogP contribution in [0.3, 0.4) is 0 Å². The first kappa shape index (κ1) is 23.9. The summed E-state index contributed by atoms with van der Waals surface area (Å²) in [6, 6.07) is 6.94. The number of rotatable bonds is 9. The highest BCUT2D eigenvalue weighted by Crippen LogP contribution is 2.38. The zero-order chi connectivity index (χ0) is 22.7. The number of ether oxygens (including phenoxy) is 3. The molecule has 7 nitrogen and oxygen atoms in total. The van der Waals surface area contributed by atoms with Crippen molar-refractivity contribution < 1.29 is 34.3 Å². The Kier molecular flexibility index (Phi) is 7.88. The molecule has 1 aromatic carbocycles. The van der Waals surface area contributed by atoms with E-state index in [-0.39, 0.29) is 29.8 Å². The maximum atomic E-state index is 12.5. The average Bonchev–Trinajstić information content (AvgIpc) is 3.51. The third kappa shape index (κ3) is 5.93. The molecular formula is C24H34O7. The van der Waals surface area contributed by atoms with E-state index in [0.29, 0.717) is 30.8 Å². The molecule has 0 saturated carbocycles. The second kappa shape index (κ2) is 10.2. The van der Waals surface area contributed by atoms with Gasteiger partial charge in [-0.15, -0.1) is 0 Å². The fourth-order valence-electron chi connectivity index (χ4n) is 4.17. The number of hydrogen-bond donors (Lipinski definition) is 3. The molecule has 31 heavy (non-hydrogen) atoms. The third-order valence-electron chi connectivity index (χ3n) is 6.43. The molecule has 0 spiro atoms.